The maximum atomic E-state index is 3.79. The Bertz CT molecular complexity index is 257. The fourth-order valence-corrected chi connectivity index (χ4v) is 3.94. The number of rotatable bonds is 7. The van der Waals surface area contributed by atoms with Crippen LogP contribution < -0.4 is 5.32 Å². The van der Waals surface area contributed by atoms with Gasteiger partial charge in [0.05, 0.1) is 0 Å². The maximum absolute atomic E-state index is 3.79. The van der Waals surface area contributed by atoms with Gasteiger partial charge in [-0.3, -0.25) is 4.90 Å². The fourth-order valence-electron chi connectivity index (χ4n) is 3.94. The van der Waals surface area contributed by atoms with Crippen LogP contribution in [-0.2, 0) is 0 Å². The monoisotopic (exact) mass is 281 g/mol. The quantitative estimate of drug-likeness (QED) is 0.774. The molecule has 1 atom stereocenters. The molecule has 1 aliphatic carbocycles. The number of nitrogens with zero attached hydrogens (tertiary/aromatic N) is 2. The second-order valence-electron chi connectivity index (χ2n) is 6.88. The van der Waals surface area contributed by atoms with E-state index in [0.717, 1.165) is 18.0 Å². The third-order valence-corrected chi connectivity index (χ3v) is 5.45. The highest BCUT2D eigenvalue weighted by molar-refractivity contribution is 4.83. The van der Waals surface area contributed by atoms with E-state index in [0.29, 0.717) is 0 Å². The van der Waals surface area contributed by atoms with E-state index in [1.165, 1.54) is 71.4 Å². The molecule has 0 aromatic heterocycles. The Morgan fingerprint density at radius 1 is 1.05 bits per heavy atom. The van der Waals surface area contributed by atoms with E-state index in [-0.39, 0.29) is 0 Å². The van der Waals surface area contributed by atoms with Crippen LogP contribution in [0.15, 0.2) is 0 Å². The first-order chi connectivity index (χ1) is 9.72. The SMILES string of the molecule is CCN(CC)C1CCN(CCNC2CCC(C)CC2)C1. The van der Waals surface area contributed by atoms with Crippen LogP contribution in [0.4, 0.5) is 0 Å². The van der Waals surface area contributed by atoms with Gasteiger partial charge in [-0.25, -0.2) is 0 Å². The van der Waals surface area contributed by atoms with Crippen LogP contribution in [0.5, 0.6) is 0 Å². The summed E-state index contributed by atoms with van der Waals surface area (Å²) in [6.45, 7) is 14.4. The van der Waals surface area contributed by atoms with Gasteiger partial charge in [0.2, 0.25) is 0 Å². The van der Waals surface area contributed by atoms with Crippen molar-refractivity contribution in [1.82, 2.24) is 15.1 Å². The molecule has 3 nitrogen and oxygen atoms in total. The van der Waals surface area contributed by atoms with Crippen molar-refractivity contribution < 1.29 is 0 Å². The largest absolute Gasteiger partial charge is 0.313 e. The summed E-state index contributed by atoms with van der Waals surface area (Å²) in [5.41, 5.74) is 0. The third-order valence-electron chi connectivity index (χ3n) is 5.45. The van der Waals surface area contributed by atoms with Gasteiger partial charge in [-0.2, -0.15) is 0 Å². The Balaban J connectivity index is 1.59. The lowest BCUT2D eigenvalue weighted by Gasteiger charge is -2.28. The molecule has 20 heavy (non-hydrogen) atoms. The van der Waals surface area contributed by atoms with Crippen LogP contribution >= 0.6 is 0 Å². The Labute approximate surface area is 126 Å². The lowest BCUT2D eigenvalue weighted by atomic mass is 9.87. The van der Waals surface area contributed by atoms with Crippen LogP contribution in [0.25, 0.3) is 0 Å². The minimum Gasteiger partial charge on any atom is -0.313 e. The van der Waals surface area contributed by atoms with Gasteiger partial charge in [0, 0.05) is 31.7 Å². The Morgan fingerprint density at radius 2 is 1.75 bits per heavy atom. The van der Waals surface area contributed by atoms with Gasteiger partial charge in [0.25, 0.3) is 0 Å². The van der Waals surface area contributed by atoms with Gasteiger partial charge in [-0.05, 0) is 57.7 Å². The van der Waals surface area contributed by atoms with E-state index in [1.54, 1.807) is 0 Å². The first-order valence-electron chi connectivity index (χ1n) is 8.92. The van der Waals surface area contributed by atoms with Crippen molar-refractivity contribution in [3.8, 4) is 0 Å². The summed E-state index contributed by atoms with van der Waals surface area (Å²) in [5.74, 6) is 0.960. The first kappa shape index (κ1) is 16.3. The zero-order valence-electron chi connectivity index (χ0n) is 13.9. The molecule has 2 rings (SSSR count). The van der Waals surface area contributed by atoms with Crippen LogP contribution in [0.2, 0.25) is 0 Å². The molecule has 1 saturated heterocycles. The molecule has 0 spiro atoms. The standard InChI is InChI=1S/C17H35N3/c1-4-20(5-2)17-10-12-19(14-17)13-11-18-16-8-6-15(3)7-9-16/h15-18H,4-14H2,1-3H3. The lowest BCUT2D eigenvalue weighted by Crippen LogP contribution is -2.40. The van der Waals surface area contributed by atoms with E-state index in [2.05, 4.69) is 35.9 Å². The average molecular weight is 281 g/mol. The molecule has 1 unspecified atom stereocenters. The lowest BCUT2D eigenvalue weighted by molar-refractivity contribution is 0.209. The number of likely N-dealkylation sites (N-methyl/N-ethyl adjacent to an activating group) is 1. The van der Waals surface area contributed by atoms with E-state index in [1.807, 2.05) is 0 Å². The Hall–Kier alpha value is -0.120. The second-order valence-corrected chi connectivity index (χ2v) is 6.88. The molecule has 0 aromatic rings. The average Bonchev–Trinajstić information content (AvgIpc) is 2.91. The molecule has 1 saturated carbocycles. The molecule has 0 amide bonds. The minimum atomic E-state index is 0.799. The third kappa shape index (κ3) is 4.71. The first-order valence-corrected chi connectivity index (χ1v) is 8.92. The van der Waals surface area contributed by atoms with Gasteiger partial charge >= 0.3 is 0 Å². The van der Waals surface area contributed by atoms with Gasteiger partial charge in [0.1, 0.15) is 0 Å². The molecule has 2 aliphatic rings. The highest BCUT2D eigenvalue weighted by atomic mass is 15.3. The van der Waals surface area contributed by atoms with Crippen molar-refractivity contribution in [2.45, 2.75) is 65.0 Å². The number of likely N-dealkylation sites (tertiary alicyclic amines) is 1. The molecule has 3 heteroatoms. The van der Waals surface area contributed by atoms with Gasteiger partial charge in [0.15, 0.2) is 0 Å². The molecule has 0 bridgehead atoms. The molecule has 2 fully saturated rings. The van der Waals surface area contributed by atoms with Crippen molar-refractivity contribution in [1.29, 1.82) is 0 Å². The summed E-state index contributed by atoms with van der Waals surface area (Å²) in [7, 11) is 0. The summed E-state index contributed by atoms with van der Waals surface area (Å²) < 4.78 is 0. The summed E-state index contributed by atoms with van der Waals surface area (Å²) in [6.07, 6.45) is 6.99. The molecule has 1 aliphatic heterocycles. The van der Waals surface area contributed by atoms with Crippen LogP contribution in [0.3, 0.4) is 0 Å². The van der Waals surface area contributed by atoms with Crippen molar-refractivity contribution in [2.24, 2.45) is 5.92 Å². The Kier molecular flexibility index (Phi) is 6.79. The number of hydrogen-bond donors (Lipinski definition) is 1. The highest BCUT2D eigenvalue weighted by Crippen LogP contribution is 2.23. The van der Waals surface area contributed by atoms with E-state index in [9.17, 15) is 0 Å². The molecule has 1 heterocycles. The molecule has 118 valence electrons. The van der Waals surface area contributed by atoms with Crippen molar-refractivity contribution in [3.63, 3.8) is 0 Å². The van der Waals surface area contributed by atoms with Crippen molar-refractivity contribution in [2.75, 3.05) is 39.3 Å². The minimum absolute atomic E-state index is 0.799. The summed E-state index contributed by atoms with van der Waals surface area (Å²) in [5, 5.41) is 3.79. The fraction of sp³-hybridized carbons (Fsp3) is 1.00. The van der Waals surface area contributed by atoms with Crippen LogP contribution in [-0.4, -0.2) is 61.2 Å². The van der Waals surface area contributed by atoms with E-state index >= 15 is 0 Å². The normalized spacial score (nSPS) is 32.1. The Morgan fingerprint density at radius 3 is 2.40 bits per heavy atom. The number of nitrogens with one attached hydrogen (secondary N) is 1. The topological polar surface area (TPSA) is 18.5 Å². The van der Waals surface area contributed by atoms with Crippen LogP contribution in [0.1, 0.15) is 52.9 Å². The molecule has 0 radical (unpaired) electrons. The zero-order valence-corrected chi connectivity index (χ0v) is 13.9. The zero-order chi connectivity index (χ0) is 14.4. The van der Waals surface area contributed by atoms with Crippen molar-refractivity contribution in [3.05, 3.63) is 0 Å². The van der Waals surface area contributed by atoms with Gasteiger partial charge < -0.3 is 10.2 Å². The smallest absolute Gasteiger partial charge is 0.0235 e. The van der Waals surface area contributed by atoms with E-state index < -0.39 is 0 Å². The summed E-state index contributed by atoms with van der Waals surface area (Å²) in [6, 6.07) is 1.60. The number of hydrogen-bond acceptors (Lipinski definition) is 3. The maximum Gasteiger partial charge on any atom is 0.0235 e. The second kappa shape index (κ2) is 8.35. The predicted octanol–water partition coefficient (Wildman–Crippen LogP) is 2.57. The van der Waals surface area contributed by atoms with Crippen molar-refractivity contribution >= 4 is 0 Å². The molecular weight excluding hydrogens is 246 g/mol. The molecular formula is C17H35N3. The summed E-state index contributed by atoms with van der Waals surface area (Å²) >= 11 is 0. The molecule has 0 aromatic carbocycles. The molecule has 1 N–H and O–H groups in total. The highest BCUT2D eigenvalue weighted by Gasteiger charge is 2.25. The predicted molar refractivity (Wildman–Crippen MR) is 87.2 cm³/mol. The van der Waals surface area contributed by atoms with E-state index in [4.69, 9.17) is 0 Å². The van der Waals surface area contributed by atoms with Crippen LogP contribution in [0, 0.1) is 5.92 Å². The summed E-state index contributed by atoms with van der Waals surface area (Å²) in [4.78, 5) is 5.28. The van der Waals surface area contributed by atoms with Gasteiger partial charge in [-0.15, -0.1) is 0 Å². The van der Waals surface area contributed by atoms with Gasteiger partial charge in [-0.1, -0.05) is 20.8 Å².